The molecule has 3 N–H and O–H groups in total. The van der Waals surface area contributed by atoms with Gasteiger partial charge in [0, 0.05) is 50.9 Å². The van der Waals surface area contributed by atoms with Crippen LogP contribution in [0.4, 0.5) is 0 Å². The number of nitrogens with zero attached hydrogens (tertiary/aromatic N) is 4. The highest BCUT2D eigenvalue weighted by molar-refractivity contribution is 6.09. The molecule has 1 fully saturated rings. The second-order valence-electron chi connectivity index (χ2n) is 9.39. The van der Waals surface area contributed by atoms with Crippen molar-refractivity contribution in [1.82, 2.24) is 30.3 Å². The average molecular weight is 495 g/mol. The highest BCUT2D eigenvalue weighted by Gasteiger charge is 2.25. The molecule has 4 aromatic rings. The fourth-order valence-electron chi connectivity index (χ4n) is 4.92. The Balaban J connectivity index is 1.42. The van der Waals surface area contributed by atoms with Crippen LogP contribution in [0.3, 0.4) is 0 Å². The van der Waals surface area contributed by atoms with E-state index >= 15 is 0 Å². The summed E-state index contributed by atoms with van der Waals surface area (Å²) in [4.78, 5) is 34.2. The van der Waals surface area contributed by atoms with E-state index in [0.717, 1.165) is 35.3 Å². The lowest BCUT2D eigenvalue weighted by Crippen LogP contribution is -2.46. The maximum Gasteiger partial charge on any atom is 0.254 e. The number of fused-ring (bicyclic) bond motifs is 2. The summed E-state index contributed by atoms with van der Waals surface area (Å²) in [6.45, 7) is 3.35. The minimum atomic E-state index is -0.0657. The number of piperazine rings is 1. The number of benzene rings is 2. The van der Waals surface area contributed by atoms with Crippen LogP contribution in [0, 0.1) is 0 Å². The van der Waals surface area contributed by atoms with Crippen molar-refractivity contribution in [3.05, 3.63) is 76.5 Å². The molecule has 0 radical (unpaired) electrons. The van der Waals surface area contributed by atoms with E-state index in [9.17, 15) is 14.7 Å². The van der Waals surface area contributed by atoms with Gasteiger partial charge >= 0.3 is 0 Å². The Kier molecular flexibility index (Phi) is 5.69. The highest BCUT2D eigenvalue weighted by atomic mass is 16.3. The summed E-state index contributed by atoms with van der Waals surface area (Å²) in [7, 11) is 1.80. The number of phenols is 1. The molecule has 9 nitrogen and oxygen atoms in total. The number of phenolic OH excluding ortho intramolecular Hbond substituents is 1. The van der Waals surface area contributed by atoms with Gasteiger partial charge in [-0.3, -0.25) is 14.7 Å². The summed E-state index contributed by atoms with van der Waals surface area (Å²) in [6, 6.07) is 14.3. The summed E-state index contributed by atoms with van der Waals surface area (Å²) in [6.07, 6.45) is 3.84. The maximum absolute atomic E-state index is 13.7. The van der Waals surface area contributed by atoms with Crippen molar-refractivity contribution in [3.63, 3.8) is 0 Å². The Morgan fingerprint density at radius 1 is 1.05 bits per heavy atom. The third-order valence-corrected chi connectivity index (χ3v) is 6.91. The van der Waals surface area contributed by atoms with Gasteiger partial charge in [0.05, 0.1) is 22.3 Å². The van der Waals surface area contributed by atoms with Gasteiger partial charge in [0.1, 0.15) is 5.75 Å². The van der Waals surface area contributed by atoms with Gasteiger partial charge in [0.25, 0.3) is 11.8 Å². The number of carbonyl (C=O) groups is 2. The van der Waals surface area contributed by atoms with Gasteiger partial charge in [-0.25, -0.2) is 4.98 Å². The van der Waals surface area contributed by atoms with Gasteiger partial charge in [-0.1, -0.05) is 12.1 Å². The van der Waals surface area contributed by atoms with Crippen LogP contribution in [0.1, 0.15) is 37.5 Å². The molecule has 37 heavy (non-hydrogen) atoms. The van der Waals surface area contributed by atoms with Crippen molar-refractivity contribution < 1.29 is 14.7 Å². The molecule has 2 aromatic heterocycles. The predicted octanol–water partition coefficient (Wildman–Crippen LogP) is 3.13. The number of amides is 2. The first-order valence-electron chi connectivity index (χ1n) is 12.2. The molecule has 0 aliphatic carbocycles. The number of aromatic hydroxyl groups is 1. The van der Waals surface area contributed by atoms with Crippen molar-refractivity contribution in [3.8, 4) is 17.0 Å². The van der Waals surface area contributed by atoms with E-state index in [1.54, 1.807) is 36.2 Å². The van der Waals surface area contributed by atoms with Gasteiger partial charge in [0.15, 0.2) is 5.65 Å². The Hall–Kier alpha value is -4.50. The third-order valence-electron chi connectivity index (χ3n) is 6.91. The second kappa shape index (κ2) is 9.18. The van der Waals surface area contributed by atoms with Crippen molar-refractivity contribution in [2.75, 3.05) is 33.2 Å². The molecule has 0 saturated carbocycles. The number of aromatic nitrogens is 3. The Morgan fingerprint density at radius 3 is 2.62 bits per heavy atom. The number of hydrogen-bond acceptors (Lipinski definition) is 6. The van der Waals surface area contributed by atoms with E-state index in [-0.39, 0.29) is 17.6 Å². The van der Waals surface area contributed by atoms with Crippen LogP contribution in [0.5, 0.6) is 5.75 Å². The first kappa shape index (κ1) is 22.9. The normalized spacial score (nSPS) is 15.6. The van der Waals surface area contributed by atoms with Crippen LogP contribution in [0.15, 0.2) is 48.5 Å². The highest BCUT2D eigenvalue weighted by Crippen LogP contribution is 2.29. The number of hydrogen-bond donors (Lipinski definition) is 3. The molecule has 186 valence electrons. The van der Waals surface area contributed by atoms with Crippen LogP contribution in [-0.4, -0.2) is 75.1 Å². The van der Waals surface area contributed by atoms with Gasteiger partial charge in [0.2, 0.25) is 0 Å². The van der Waals surface area contributed by atoms with Crippen molar-refractivity contribution >= 4 is 35.0 Å². The lowest BCUT2D eigenvalue weighted by atomic mass is 10.0. The fourth-order valence-corrected chi connectivity index (χ4v) is 4.92. The Bertz CT molecular complexity index is 1550. The number of nitrogens with one attached hydrogen (secondary N) is 2. The van der Waals surface area contributed by atoms with E-state index < -0.39 is 0 Å². The second-order valence-corrected chi connectivity index (χ2v) is 9.39. The summed E-state index contributed by atoms with van der Waals surface area (Å²) >= 11 is 0. The van der Waals surface area contributed by atoms with Crippen molar-refractivity contribution in [2.24, 2.45) is 0 Å². The molecule has 4 heterocycles. The number of aromatic amines is 1. The van der Waals surface area contributed by atoms with Gasteiger partial charge < -0.3 is 20.2 Å². The molecule has 1 saturated heterocycles. The van der Waals surface area contributed by atoms with E-state index in [0.29, 0.717) is 47.6 Å². The zero-order valence-electron chi connectivity index (χ0n) is 20.4. The van der Waals surface area contributed by atoms with E-state index in [1.165, 1.54) is 0 Å². The number of carbonyl (C=O) groups excluding carboxylic acids is 2. The minimum absolute atomic E-state index is 0.0386. The summed E-state index contributed by atoms with van der Waals surface area (Å²) in [5, 5.41) is 21.1. The SMILES string of the molecule is CN1Cc2cc(C=Cc3[nH]nc4nc(-c5ccc(O)cc5)cc(C(=O)N5CCNCC5)c34)ccc2C1=O. The van der Waals surface area contributed by atoms with Crippen LogP contribution >= 0.6 is 0 Å². The van der Waals surface area contributed by atoms with Crippen molar-refractivity contribution in [2.45, 2.75) is 6.54 Å². The van der Waals surface area contributed by atoms with Crippen LogP contribution in [-0.2, 0) is 6.54 Å². The zero-order chi connectivity index (χ0) is 25.5. The summed E-state index contributed by atoms with van der Waals surface area (Å²) in [5.41, 5.74) is 5.75. The maximum atomic E-state index is 13.7. The van der Waals surface area contributed by atoms with Gasteiger partial charge in [-0.15, -0.1) is 0 Å². The standard InChI is InChI=1S/C28H26N6O3/c1-33-16-19-14-17(2-8-21(19)27(33)36)3-9-23-25-22(28(37)34-12-10-29-11-13-34)15-24(30-26(25)32-31-23)18-4-6-20(35)7-5-18/h2-9,14-15,29,35H,10-13,16H2,1H3,(H,30,31,32). The molecule has 2 aliphatic heterocycles. The fraction of sp³-hybridized carbons (Fsp3) is 0.214. The van der Waals surface area contributed by atoms with E-state index in [4.69, 9.17) is 4.98 Å². The monoisotopic (exact) mass is 494 g/mol. The largest absolute Gasteiger partial charge is 0.508 e. The van der Waals surface area contributed by atoms with Crippen molar-refractivity contribution in [1.29, 1.82) is 0 Å². The topological polar surface area (TPSA) is 114 Å². The number of H-pyrrole nitrogens is 1. The van der Waals surface area contributed by atoms with E-state index in [1.807, 2.05) is 41.3 Å². The summed E-state index contributed by atoms with van der Waals surface area (Å²) < 4.78 is 0. The minimum Gasteiger partial charge on any atom is -0.508 e. The van der Waals surface area contributed by atoms with Crippen LogP contribution < -0.4 is 5.32 Å². The lowest BCUT2D eigenvalue weighted by Gasteiger charge is -2.27. The molecule has 9 heteroatoms. The summed E-state index contributed by atoms with van der Waals surface area (Å²) in [5.74, 6) is 0.137. The molecule has 0 spiro atoms. The van der Waals surface area contributed by atoms with Gasteiger partial charge in [-0.05, 0) is 59.7 Å². The smallest absolute Gasteiger partial charge is 0.254 e. The molecular formula is C28H26N6O3. The van der Waals surface area contributed by atoms with Gasteiger partial charge in [-0.2, -0.15) is 5.10 Å². The van der Waals surface area contributed by atoms with E-state index in [2.05, 4.69) is 15.5 Å². The molecule has 0 atom stereocenters. The first-order chi connectivity index (χ1) is 18.0. The molecular weight excluding hydrogens is 468 g/mol. The number of pyridine rings is 1. The first-order valence-corrected chi connectivity index (χ1v) is 12.2. The van der Waals surface area contributed by atoms with Crippen LogP contribution in [0.25, 0.3) is 34.4 Å². The molecule has 0 unspecified atom stereocenters. The number of rotatable bonds is 4. The molecule has 6 rings (SSSR count). The molecule has 2 aliphatic rings. The quantitative estimate of drug-likeness (QED) is 0.402. The van der Waals surface area contributed by atoms with Crippen LogP contribution in [0.2, 0.25) is 0 Å². The molecule has 2 aromatic carbocycles. The Morgan fingerprint density at radius 2 is 1.84 bits per heavy atom. The zero-order valence-corrected chi connectivity index (χ0v) is 20.4. The molecule has 0 bridgehead atoms. The lowest BCUT2D eigenvalue weighted by molar-refractivity contribution is 0.0737. The molecule has 2 amide bonds. The Labute approximate surface area is 213 Å². The predicted molar refractivity (Wildman–Crippen MR) is 141 cm³/mol. The average Bonchev–Trinajstić information content (AvgIpc) is 3.47. The third kappa shape index (κ3) is 4.23.